The molecule has 1 aliphatic heterocycles. The van der Waals surface area contributed by atoms with Gasteiger partial charge in [-0.25, -0.2) is 4.79 Å². The molecule has 1 N–H and O–H groups in total. The number of nitrogens with zero attached hydrogens (tertiary/aromatic N) is 2. The van der Waals surface area contributed by atoms with E-state index in [0.717, 1.165) is 30.4 Å². The van der Waals surface area contributed by atoms with Gasteiger partial charge in [0.2, 0.25) is 0 Å². The molecule has 2 aromatic carbocycles. The highest BCUT2D eigenvalue weighted by molar-refractivity contribution is 5.96. The van der Waals surface area contributed by atoms with Gasteiger partial charge in [0, 0.05) is 30.5 Å². The fourth-order valence-corrected chi connectivity index (χ4v) is 3.43. The summed E-state index contributed by atoms with van der Waals surface area (Å²) >= 11 is 0. The topological polar surface area (TPSA) is 111 Å². The average molecular weight is 427 g/mol. The molecule has 2 aromatic rings. The maximum atomic E-state index is 12.2. The maximum Gasteiger partial charge on any atom is 0.338 e. The highest BCUT2D eigenvalue weighted by Crippen LogP contribution is 2.28. The van der Waals surface area contributed by atoms with Crippen molar-refractivity contribution in [1.29, 1.82) is 0 Å². The minimum absolute atomic E-state index is 0.0332. The number of nitro groups is 1. The highest BCUT2D eigenvalue weighted by atomic mass is 16.6. The second kappa shape index (κ2) is 9.92. The molecule has 0 atom stereocenters. The van der Waals surface area contributed by atoms with Crippen molar-refractivity contribution in [2.24, 2.45) is 0 Å². The number of anilines is 2. The molecule has 1 amide bonds. The Labute approximate surface area is 180 Å². The average Bonchev–Trinajstić information content (AvgIpc) is 3.28. The summed E-state index contributed by atoms with van der Waals surface area (Å²) in [5.74, 6) is -1.26. The van der Waals surface area contributed by atoms with Crippen molar-refractivity contribution in [3.05, 3.63) is 57.6 Å². The summed E-state index contributed by atoms with van der Waals surface area (Å²) in [6.45, 7) is 5.42. The van der Waals surface area contributed by atoms with Gasteiger partial charge in [0.1, 0.15) is 0 Å². The van der Waals surface area contributed by atoms with E-state index in [-0.39, 0.29) is 23.6 Å². The van der Waals surface area contributed by atoms with Crippen LogP contribution in [0.2, 0.25) is 0 Å². The molecule has 9 nitrogen and oxygen atoms in total. The number of carbonyl (C=O) groups is 2. The number of nitro benzene ring substituents is 1. The lowest BCUT2D eigenvalue weighted by molar-refractivity contribution is -0.385. The van der Waals surface area contributed by atoms with Crippen LogP contribution in [0.25, 0.3) is 0 Å². The van der Waals surface area contributed by atoms with Crippen LogP contribution in [0, 0.1) is 17.0 Å². The molecule has 0 bridgehead atoms. The van der Waals surface area contributed by atoms with E-state index in [2.05, 4.69) is 10.2 Å². The quantitative estimate of drug-likeness (QED) is 0.388. The Kier molecular flexibility index (Phi) is 7.07. The van der Waals surface area contributed by atoms with E-state index >= 15 is 0 Å². The standard InChI is InChI=1S/C22H25N3O6/c1-3-30-20-9-6-16(13-19(20)25(28)29)22(27)31-14-21(26)23-18-8-7-17(12-15(18)2)24-10-4-5-11-24/h6-9,12-13H,3-5,10-11,14H2,1-2H3,(H,23,26). The third kappa shape index (κ3) is 5.50. The van der Waals surface area contributed by atoms with E-state index in [0.29, 0.717) is 5.69 Å². The van der Waals surface area contributed by atoms with Gasteiger partial charge in [-0.2, -0.15) is 0 Å². The number of hydrogen-bond donors (Lipinski definition) is 1. The Morgan fingerprint density at radius 3 is 2.55 bits per heavy atom. The second-order valence-corrected chi connectivity index (χ2v) is 7.19. The first-order valence-electron chi connectivity index (χ1n) is 10.1. The zero-order chi connectivity index (χ0) is 22.4. The molecule has 0 aliphatic carbocycles. The third-order valence-corrected chi connectivity index (χ3v) is 4.98. The van der Waals surface area contributed by atoms with Gasteiger partial charge in [0.25, 0.3) is 5.91 Å². The smallest absolute Gasteiger partial charge is 0.338 e. The molecular weight excluding hydrogens is 402 g/mol. The predicted octanol–water partition coefficient (Wildman–Crippen LogP) is 3.70. The lowest BCUT2D eigenvalue weighted by atomic mass is 10.1. The Morgan fingerprint density at radius 2 is 1.90 bits per heavy atom. The van der Waals surface area contributed by atoms with Crippen LogP contribution < -0.4 is 15.0 Å². The number of ether oxygens (including phenoxy) is 2. The first-order chi connectivity index (χ1) is 14.9. The normalized spacial score (nSPS) is 13.0. The molecule has 1 fully saturated rings. The number of amides is 1. The van der Waals surface area contributed by atoms with Crippen molar-refractivity contribution >= 4 is 28.9 Å². The summed E-state index contributed by atoms with van der Waals surface area (Å²) in [4.78, 5) is 37.3. The van der Waals surface area contributed by atoms with Gasteiger partial charge in [-0.05, 0) is 62.6 Å². The molecule has 0 spiro atoms. The van der Waals surface area contributed by atoms with Crippen molar-refractivity contribution < 1.29 is 24.0 Å². The van der Waals surface area contributed by atoms with E-state index in [1.54, 1.807) is 6.92 Å². The van der Waals surface area contributed by atoms with Crippen molar-refractivity contribution in [2.45, 2.75) is 26.7 Å². The van der Waals surface area contributed by atoms with Crippen molar-refractivity contribution in [3.63, 3.8) is 0 Å². The Balaban J connectivity index is 1.58. The van der Waals surface area contributed by atoms with E-state index in [1.807, 2.05) is 25.1 Å². The summed E-state index contributed by atoms with van der Waals surface area (Å²) < 4.78 is 10.2. The number of nitrogens with one attached hydrogen (secondary N) is 1. The molecule has 164 valence electrons. The van der Waals surface area contributed by atoms with Crippen LogP contribution in [0.5, 0.6) is 5.75 Å². The largest absolute Gasteiger partial charge is 0.487 e. The van der Waals surface area contributed by atoms with Crippen LogP contribution in [0.15, 0.2) is 36.4 Å². The fraction of sp³-hybridized carbons (Fsp3) is 0.364. The Hall–Kier alpha value is -3.62. The minimum atomic E-state index is -0.831. The van der Waals surface area contributed by atoms with Gasteiger partial charge < -0.3 is 19.7 Å². The number of aryl methyl sites for hydroxylation is 1. The van der Waals surface area contributed by atoms with Crippen LogP contribution in [-0.4, -0.2) is 43.1 Å². The van der Waals surface area contributed by atoms with Crippen LogP contribution in [0.4, 0.5) is 17.1 Å². The molecular formula is C22H25N3O6. The van der Waals surface area contributed by atoms with Crippen molar-refractivity contribution in [2.75, 3.05) is 36.5 Å². The third-order valence-electron chi connectivity index (χ3n) is 4.98. The number of carbonyl (C=O) groups excluding carboxylic acids is 2. The zero-order valence-electron chi connectivity index (χ0n) is 17.6. The summed E-state index contributed by atoms with van der Waals surface area (Å²) in [7, 11) is 0. The summed E-state index contributed by atoms with van der Waals surface area (Å²) in [5.41, 5.74) is 2.30. The van der Waals surface area contributed by atoms with Gasteiger partial charge in [0.05, 0.1) is 17.1 Å². The molecule has 1 heterocycles. The monoisotopic (exact) mass is 427 g/mol. The first kappa shape index (κ1) is 22.1. The summed E-state index contributed by atoms with van der Waals surface area (Å²) in [5, 5.41) is 13.9. The number of esters is 1. The SMILES string of the molecule is CCOc1ccc(C(=O)OCC(=O)Nc2ccc(N3CCCC3)cc2C)cc1[N+](=O)[O-]. The molecule has 9 heteroatoms. The Bertz CT molecular complexity index is 985. The molecule has 0 radical (unpaired) electrons. The van der Waals surface area contributed by atoms with Crippen molar-refractivity contribution in [3.8, 4) is 5.75 Å². The fourth-order valence-electron chi connectivity index (χ4n) is 3.43. The lowest BCUT2D eigenvalue weighted by Gasteiger charge is -2.19. The zero-order valence-corrected chi connectivity index (χ0v) is 17.6. The van der Waals surface area contributed by atoms with Gasteiger partial charge in [-0.15, -0.1) is 0 Å². The van der Waals surface area contributed by atoms with Gasteiger partial charge in [-0.1, -0.05) is 0 Å². The molecule has 1 aliphatic rings. The Morgan fingerprint density at radius 1 is 1.16 bits per heavy atom. The predicted molar refractivity (Wildman–Crippen MR) is 116 cm³/mol. The molecule has 0 saturated carbocycles. The van der Waals surface area contributed by atoms with Crippen molar-refractivity contribution in [1.82, 2.24) is 0 Å². The number of hydrogen-bond acceptors (Lipinski definition) is 7. The second-order valence-electron chi connectivity index (χ2n) is 7.19. The van der Waals surface area contributed by atoms with Crippen LogP contribution in [0.1, 0.15) is 35.7 Å². The van der Waals surface area contributed by atoms with E-state index in [1.165, 1.54) is 25.0 Å². The van der Waals surface area contributed by atoms with Crippen LogP contribution in [-0.2, 0) is 9.53 Å². The number of rotatable bonds is 8. The minimum Gasteiger partial charge on any atom is -0.487 e. The van der Waals surface area contributed by atoms with Gasteiger partial charge >= 0.3 is 11.7 Å². The first-order valence-corrected chi connectivity index (χ1v) is 10.1. The van der Waals surface area contributed by atoms with Crippen LogP contribution in [0.3, 0.4) is 0 Å². The van der Waals surface area contributed by atoms with E-state index in [4.69, 9.17) is 9.47 Å². The molecule has 31 heavy (non-hydrogen) atoms. The van der Waals surface area contributed by atoms with Crippen LogP contribution >= 0.6 is 0 Å². The van der Waals surface area contributed by atoms with E-state index in [9.17, 15) is 19.7 Å². The molecule has 0 aromatic heterocycles. The molecule has 3 rings (SSSR count). The highest BCUT2D eigenvalue weighted by Gasteiger charge is 2.20. The van der Waals surface area contributed by atoms with Gasteiger partial charge in [-0.3, -0.25) is 14.9 Å². The van der Waals surface area contributed by atoms with E-state index < -0.39 is 23.4 Å². The molecule has 1 saturated heterocycles. The lowest BCUT2D eigenvalue weighted by Crippen LogP contribution is -2.22. The maximum absolute atomic E-state index is 12.2. The molecule has 0 unspecified atom stereocenters. The number of benzene rings is 2. The summed E-state index contributed by atoms with van der Waals surface area (Å²) in [6.07, 6.45) is 2.36. The summed E-state index contributed by atoms with van der Waals surface area (Å²) in [6, 6.07) is 9.58. The van der Waals surface area contributed by atoms with Gasteiger partial charge in [0.15, 0.2) is 12.4 Å².